The molecule has 2 amide bonds. The van der Waals surface area contributed by atoms with Crippen molar-refractivity contribution in [1.29, 1.82) is 0 Å². The van der Waals surface area contributed by atoms with Crippen LogP contribution in [0.3, 0.4) is 0 Å². The third kappa shape index (κ3) is 5.57. The molecule has 7 heteroatoms. The highest BCUT2D eigenvalue weighted by Crippen LogP contribution is 2.25. The van der Waals surface area contributed by atoms with E-state index >= 15 is 0 Å². The van der Waals surface area contributed by atoms with E-state index in [0.29, 0.717) is 17.9 Å². The van der Waals surface area contributed by atoms with Crippen molar-refractivity contribution >= 4 is 34.5 Å². The van der Waals surface area contributed by atoms with Crippen molar-refractivity contribution in [3.63, 3.8) is 0 Å². The first-order valence-corrected chi connectivity index (χ1v) is 9.62. The smallest absolute Gasteiger partial charge is 0.240 e. The van der Waals surface area contributed by atoms with Crippen LogP contribution in [0.1, 0.15) is 25.3 Å². The minimum absolute atomic E-state index is 0.0122. The number of nitrogens with one attached hydrogen (secondary N) is 2. The Kier molecular flexibility index (Phi) is 7.00. The molecule has 0 bridgehead atoms. The number of phenols is 1. The van der Waals surface area contributed by atoms with Gasteiger partial charge in [0.2, 0.25) is 11.8 Å². The van der Waals surface area contributed by atoms with E-state index in [1.165, 1.54) is 6.21 Å². The molecule has 154 valence electrons. The predicted octanol–water partition coefficient (Wildman–Crippen LogP) is 3.81. The topological polar surface area (TPSA) is 100 Å². The lowest BCUT2D eigenvalue weighted by Crippen LogP contribution is -2.20. The van der Waals surface area contributed by atoms with Crippen LogP contribution in [-0.4, -0.2) is 29.7 Å². The second-order valence-electron chi connectivity index (χ2n) is 6.52. The Morgan fingerprint density at radius 3 is 2.50 bits per heavy atom. The molecule has 0 atom stereocenters. The van der Waals surface area contributed by atoms with Crippen molar-refractivity contribution in [1.82, 2.24) is 5.43 Å². The molecule has 0 aliphatic heterocycles. The van der Waals surface area contributed by atoms with Gasteiger partial charge in [-0.2, -0.15) is 5.10 Å². The van der Waals surface area contributed by atoms with Crippen molar-refractivity contribution in [3.8, 4) is 11.5 Å². The molecule has 0 spiro atoms. The number of phenolic OH excluding ortho intramolecular Hbond substituents is 1. The number of carbonyl (C=O) groups excluding carboxylic acids is 2. The number of hydrogen-bond acceptors (Lipinski definition) is 5. The van der Waals surface area contributed by atoms with Gasteiger partial charge in [-0.1, -0.05) is 30.3 Å². The SMILES string of the molecule is CCOc1ccc(NC(=O)CCC(=O)N/N=C/c2c(O)ccc3ccccc23)cc1. The van der Waals surface area contributed by atoms with Gasteiger partial charge < -0.3 is 15.2 Å². The van der Waals surface area contributed by atoms with Gasteiger partial charge in [-0.25, -0.2) is 5.43 Å². The predicted molar refractivity (Wildman–Crippen MR) is 117 cm³/mol. The number of fused-ring (bicyclic) bond motifs is 1. The third-order valence-corrected chi connectivity index (χ3v) is 4.36. The summed E-state index contributed by atoms with van der Waals surface area (Å²) in [5, 5.41) is 18.5. The van der Waals surface area contributed by atoms with Crippen molar-refractivity contribution in [3.05, 3.63) is 66.2 Å². The van der Waals surface area contributed by atoms with Gasteiger partial charge in [0.1, 0.15) is 11.5 Å². The van der Waals surface area contributed by atoms with Gasteiger partial charge in [0.25, 0.3) is 0 Å². The number of aromatic hydroxyl groups is 1. The molecule has 0 saturated carbocycles. The molecule has 0 aliphatic carbocycles. The lowest BCUT2D eigenvalue weighted by Gasteiger charge is -2.07. The van der Waals surface area contributed by atoms with Crippen LogP contribution in [0.15, 0.2) is 65.8 Å². The van der Waals surface area contributed by atoms with Crippen LogP contribution in [0, 0.1) is 0 Å². The van der Waals surface area contributed by atoms with Crippen molar-refractivity contribution in [2.75, 3.05) is 11.9 Å². The molecule has 3 aromatic carbocycles. The fourth-order valence-electron chi connectivity index (χ4n) is 2.90. The van der Waals surface area contributed by atoms with Gasteiger partial charge in [-0.3, -0.25) is 9.59 Å². The summed E-state index contributed by atoms with van der Waals surface area (Å²) in [5.41, 5.74) is 3.53. The highest BCUT2D eigenvalue weighted by molar-refractivity contribution is 6.02. The second kappa shape index (κ2) is 10.1. The lowest BCUT2D eigenvalue weighted by molar-refractivity contribution is -0.124. The zero-order chi connectivity index (χ0) is 21.3. The molecular weight excluding hydrogens is 382 g/mol. The van der Waals surface area contributed by atoms with E-state index in [2.05, 4.69) is 15.8 Å². The van der Waals surface area contributed by atoms with E-state index in [4.69, 9.17) is 4.74 Å². The lowest BCUT2D eigenvalue weighted by atomic mass is 10.0. The van der Waals surface area contributed by atoms with Gasteiger partial charge in [-0.05, 0) is 48.0 Å². The van der Waals surface area contributed by atoms with Gasteiger partial charge in [0.15, 0.2) is 0 Å². The number of nitrogens with zero attached hydrogens (tertiary/aromatic N) is 1. The van der Waals surface area contributed by atoms with E-state index in [1.807, 2.05) is 37.3 Å². The van der Waals surface area contributed by atoms with Crippen molar-refractivity contribution in [2.24, 2.45) is 5.10 Å². The zero-order valence-electron chi connectivity index (χ0n) is 16.6. The Morgan fingerprint density at radius 1 is 1.00 bits per heavy atom. The Morgan fingerprint density at radius 2 is 1.73 bits per heavy atom. The van der Waals surface area contributed by atoms with Gasteiger partial charge >= 0.3 is 0 Å². The number of rotatable bonds is 8. The summed E-state index contributed by atoms with van der Waals surface area (Å²) in [6.07, 6.45) is 1.41. The van der Waals surface area contributed by atoms with E-state index in [9.17, 15) is 14.7 Å². The largest absolute Gasteiger partial charge is 0.507 e. The quantitative estimate of drug-likeness (QED) is 0.392. The standard InChI is InChI=1S/C23H23N3O4/c1-2-30-18-10-8-17(9-11-18)25-22(28)13-14-23(29)26-24-15-20-19-6-4-3-5-16(19)7-12-21(20)27/h3-12,15,27H,2,13-14H2,1H3,(H,25,28)(H,26,29)/b24-15+. The second-order valence-corrected chi connectivity index (χ2v) is 6.52. The number of benzene rings is 3. The number of anilines is 1. The van der Waals surface area contributed by atoms with Gasteiger partial charge in [0.05, 0.1) is 12.8 Å². The van der Waals surface area contributed by atoms with Gasteiger partial charge in [0, 0.05) is 24.1 Å². The summed E-state index contributed by atoms with van der Waals surface area (Å²) in [6.45, 7) is 2.47. The Bertz CT molecular complexity index is 1060. The summed E-state index contributed by atoms with van der Waals surface area (Å²) in [5.74, 6) is 0.129. The van der Waals surface area contributed by atoms with Crippen LogP contribution < -0.4 is 15.5 Å². The maximum atomic E-state index is 12.0. The maximum absolute atomic E-state index is 12.0. The number of ether oxygens (including phenoxy) is 1. The molecule has 30 heavy (non-hydrogen) atoms. The fourth-order valence-corrected chi connectivity index (χ4v) is 2.90. The third-order valence-electron chi connectivity index (χ3n) is 4.36. The van der Waals surface area contributed by atoms with E-state index in [-0.39, 0.29) is 24.5 Å². The number of carbonyl (C=O) groups is 2. The summed E-state index contributed by atoms with van der Waals surface area (Å²) in [4.78, 5) is 24.0. The molecule has 0 aromatic heterocycles. The van der Waals surface area contributed by atoms with Crippen LogP contribution in [0.25, 0.3) is 10.8 Å². The molecule has 0 radical (unpaired) electrons. The molecular formula is C23H23N3O4. The van der Waals surface area contributed by atoms with Crippen LogP contribution in [0.4, 0.5) is 5.69 Å². The Balaban J connectivity index is 1.49. The van der Waals surface area contributed by atoms with Crippen LogP contribution in [0.2, 0.25) is 0 Å². The highest BCUT2D eigenvalue weighted by atomic mass is 16.5. The average Bonchev–Trinajstić information content (AvgIpc) is 2.75. The normalized spacial score (nSPS) is 10.8. The van der Waals surface area contributed by atoms with Crippen LogP contribution >= 0.6 is 0 Å². The first-order chi connectivity index (χ1) is 14.6. The van der Waals surface area contributed by atoms with E-state index in [1.54, 1.807) is 30.3 Å². The van der Waals surface area contributed by atoms with Crippen LogP contribution in [-0.2, 0) is 9.59 Å². The summed E-state index contributed by atoms with van der Waals surface area (Å²) in [6, 6.07) is 18.0. The number of hydrogen-bond donors (Lipinski definition) is 3. The molecule has 3 N–H and O–H groups in total. The zero-order valence-corrected chi connectivity index (χ0v) is 16.6. The minimum atomic E-state index is -0.396. The Hall–Kier alpha value is -3.87. The number of hydrazone groups is 1. The van der Waals surface area contributed by atoms with Crippen LogP contribution in [0.5, 0.6) is 11.5 Å². The van der Waals surface area contributed by atoms with Crippen molar-refractivity contribution < 1.29 is 19.4 Å². The summed E-state index contributed by atoms with van der Waals surface area (Å²) in [7, 11) is 0. The molecule has 0 heterocycles. The van der Waals surface area contributed by atoms with E-state index in [0.717, 1.165) is 16.5 Å². The molecule has 3 aromatic rings. The first kappa shape index (κ1) is 20.9. The summed E-state index contributed by atoms with van der Waals surface area (Å²) < 4.78 is 5.35. The molecule has 3 rings (SSSR count). The van der Waals surface area contributed by atoms with E-state index < -0.39 is 5.91 Å². The monoisotopic (exact) mass is 405 g/mol. The average molecular weight is 405 g/mol. The molecule has 7 nitrogen and oxygen atoms in total. The van der Waals surface area contributed by atoms with Crippen molar-refractivity contribution in [2.45, 2.75) is 19.8 Å². The maximum Gasteiger partial charge on any atom is 0.240 e. The van der Waals surface area contributed by atoms with Gasteiger partial charge in [-0.15, -0.1) is 0 Å². The molecule has 0 unspecified atom stereocenters. The molecule has 0 saturated heterocycles. The summed E-state index contributed by atoms with van der Waals surface area (Å²) >= 11 is 0. The molecule has 0 fully saturated rings. The Labute approximate surface area is 174 Å². The fraction of sp³-hybridized carbons (Fsp3) is 0.174. The minimum Gasteiger partial charge on any atom is -0.507 e. The highest BCUT2D eigenvalue weighted by Gasteiger charge is 2.08. The first-order valence-electron chi connectivity index (χ1n) is 9.62. The number of amides is 2. The molecule has 0 aliphatic rings.